The molecule has 0 saturated heterocycles. The SMILES string of the molecule is Cc1ccc(CNC(C)C(=O)NCC(F)(F)F)cn1. The maximum atomic E-state index is 11.9. The smallest absolute Gasteiger partial charge is 0.346 e. The number of aromatic nitrogens is 1. The van der Waals surface area contributed by atoms with Gasteiger partial charge in [0.2, 0.25) is 5.91 Å². The Morgan fingerprint density at radius 1 is 1.42 bits per heavy atom. The van der Waals surface area contributed by atoms with E-state index in [1.807, 2.05) is 24.4 Å². The number of nitrogens with one attached hydrogen (secondary N) is 2. The van der Waals surface area contributed by atoms with E-state index in [1.54, 1.807) is 6.20 Å². The highest BCUT2D eigenvalue weighted by molar-refractivity contribution is 5.81. The largest absolute Gasteiger partial charge is 0.405 e. The highest BCUT2D eigenvalue weighted by Crippen LogP contribution is 2.12. The second-order valence-electron chi connectivity index (χ2n) is 4.24. The highest BCUT2D eigenvalue weighted by Gasteiger charge is 2.28. The zero-order chi connectivity index (χ0) is 14.5. The molecule has 1 aromatic rings. The Hall–Kier alpha value is -1.63. The summed E-state index contributed by atoms with van der Waals surface area (Å²) in [5.74, 6) is -0.683. The Kier molecular flexibility index (Phi) is 5.29. The zero-order valence-corrected chi connectivity index (χ0v) is 10.7. The van der Waals surface area contributed by atoms with Crippen LogP contribution in [0.25, 0.3) is 0 Å². The number of rotatable bonds is 5. The molecule has 1 aromatic heterocycles. The quantitative estimate of drug-likeness (QED) is 0.857. The van der Waals surface area contributed by atoms with Crippen LogP contribution in [0.2, 0.25) is 0 Å². The molecule has 4 nitrogen and oxygen atoms in total. The number of carbonyl (C=O) groups excluding carboxylic acids is 1. The molecule has 106 valence electrons. The van der Waals surface area contributed by atoms with E-state index in [0.29, 0.717) is 6.54 Å². The molecule has 0 bridgehead atoms. The summed E-state index contributed by atoms with van der Waals surface area (Å²) in [5, 5.41) is 4.66. The van der Waals surface area contributed by atoms with Crippen LogP contribution < -0.4 is 10.6 Å². The number of carbonyl (C=O) groups is 1. The maximum absolute atomic E-state index is 11.9. The van der Waals surface area contributed by atoms with Gasteiger partial charge < -0.3 is 10.6 Å². The van der Waals surface area contributed by atoms with Crippen molar-refractivity contribution in [1.29, 1.82) is 0 Å². The van der Waals surface area contributed by atoms with Crippen molar-refractivity contribution >= 4 is 5.91 Å². The summed E-state index contributed by atoms with van der Waals surface area (Å²) in [5.41, 5.74) is 1.74. The number of halogens is 3. The van der Waals surface area contributed by atoms with E-state index in [-0.39, 0.29) is 0 Å². The van der Waals surface area contributed by atoms with Gasteiger partial charge in [0.05, 0.1) is 6.04 Å². The van der Waals surface area contributed by atoms with Gasteiger partial charge in [0.25, 0.3) is 0 Å². The lowest BCUT2D eigenvalue weighted by Gasteiger charge is -2.15. The average Bonchev–Trinajstić information content (AvgIpc) is 2.34. The number of hydrogen-bond donors (Lipinski definition) is 2. The van der Waals surface area contributed by atoms with E-state index in [1.165, 1.54) is 6.92 Å². The summed E-state index contributed by atoms with van der Waals surface area (Å²) in [4.78, 5) is 15.5. The predicted octanol–water partition coefficient (Wildman–Crippen LogP) is 1.55. The molecular formula is C12H16F3N3O. The molecule has 1 unspecified atom stereocenters. The molecule has 0 aromatic carbocycles. The van der Waals surface area contributed by atoms with Crippen LogP contribution in [0.1, 0.15) is 18.2 Å². The summed E-state index contributed by atoms with van der Waals surface area (Å²) >= 11 is 0. The average molecular weight is 275 g/mol. The Morgan fingerprint density at radius 3 is 2.63 bits per heavy atom. The van der Waals surface area contributed by atoms with Crippen LogP contribution in [-0.2, 0) is 11.3 Å². The van der Waals surface area contributed by atoms with E-state index in [9.17, 15) is 18.0 Å². The van der Waals surface area contributed by atoms with Crippen LogP contribution in [0.15, 0.2) is 18.3 Å². The minimum atomic E-state index is -4.39. The van der Waals surface area contributed by atoms with Gasteiger partial charge in [-0.3, -0.25) is 9.78 Å². The summed E-state index contributed by atoms with van der Waals surface area (Å²) in [6.45, 7) is 2.41. The first-order valence-electron chi connectivity index (χ1n) is 5.77. The first-order chi connectivity index (χ1) is 8.78. The summed E-state index contributed by atoms with van der Waals surface area (Å²) < 4.78 is 35.8. The summed E-state index contributed by atoms with van der Waals surface area (Å²) in [6.07, 6.45) is -2.74. The zero-order valence-electron chi connectivity index (χ0n) is 10.7. The van der Waals surface area contributed by atoms with Crippen molar-refractivity contribution in [2.24, 2.45) is 0 Å². The minimum Gasteiger partial charge on any atom is -0.346 e. The van der Waals surface area contributed by atoms with Gasteiger partial charge in [0.15, 0.2) is 0 Å². The van der Waals surface area contributed by atoms with Gasteiger partial charge >= 0.3 is 6.18 Å². The molecule has 0 fully saturated rings. The van der Waals surface area contributed by atoms with Gasteiger partial charge in [-0.1, -0.05) is 6.07 Å². The van der Waals surface area contributed by atoms with E-state index >= 15 is 0 Å². The van der Waals surface area contributed by atoms with Crippen molar-refractivity contribution in [3.8, 4) is 0 Å². The number of pyridine rings is 1. The fourth-order valence-electron chi connectivity index (χ4n) is 1.31. The Morgan fingerprint density at radius 2 is 2.11 bits per heavy atom. The van der Waals surface area contributed by atoms with E-state index in [4.69, 9.17) is 0 Å². The number of hydrogen-bond acceptors (Lipinski definition) is 3. The summed E-state index contributed by atoms with van der Waals surface area (Å²) in [7, 11) is 0. The van der Waals surface area contributed by atoms with Gasteiger partial charge in [-0.05, 0) is 25.5 Å². The van der Waals surface area contributed by atoms with E-state index in [0.717, 1.165) is 11.3 Å². The molecule has 1 heterocycles. The fourth-order valence-corrected chi connectivity index (χ4v) is 1.31. The van der Waals surface area contributed by atoms with Crippen LogP contribution in [0, 0.1) is 6.92 Å². The van der Waals surface area contributed by atoms with Crippen molar-refractivity contribution in [1.82, 2.24) is 15.6 Å². The molecule has 0 aliphatic rings. The molecule has 0 aliphatic carbocycles. The van der Waals surface area contributed by atoms with E-state index in [2.05, 4.69) is 10.3 Å². The van der Waals surface area contributed by atoms with Gasteiger partial charge in [0.1, 0.15) is 6.54 Å². The van der Waals surface area contributed by atoms with Gasteiger partial charge in [0, 0.05) is 18.4 Å². The lowest BCUT2D eigenvalue weighted by Crippen LogP contribution is -2.44. The third-order valence-corrected chi connectivity index (χ3v) is 2.44. The van der Waals surface area contributed by atoms with Crippen LogP contribution >= 0.6 is 0 Å². The minimum absolute atomic E-state index is 0.369. The Balaban J connectivity index is 2.36. The monoisotopic (exact) mass is 275 g/mol. The van der Waals surface area contributed by atoms with Crippen molar-refractivity contribution in [2.75, 3.05) is 6.54 Å². The molecule has 19 heavy (non-hydrogen) atoms. The van der Waals surface area contributed by atoms with Crippen LogP contribution in [0.4, 0.5) is 13.2 Å². The van der Waals surface area contributed by atoms with Crippen molar-refractivity contribution in [3.05, 3.63) is 29.6 Å². The molecule has 2 N–H and O–H groups in total. The number of alkyl halides is 3. The molecule has 0 spiro atoms. The Bertz CT molecular complexity index is 417. The molecule has 7 heteroatoms. The number of nitrogens with zero attached hydrogens (tertiary/aromatic N) is 1. The number of amides is 1. The van der Waals surface area contributed by atoms with Crippen molar-refractivity contribution < 1.29 is 18.0 Å². The molecule has 1 rings (SSSR count). The number of aryl methyl sites for hydroxylation is 1. The lowest BCUT2D eigenvalue weighted by atomic mass is 10.2. The first-order valence-corrected chi connectivity index (χ1v) is 5.77. The van der Waals surface area contributed by atoms with Crippen molar-refractivity contribution in [3.63, 3.8) is 0 Å². The molecule has 0 radical (unpaired) electrons. The van der Waals surface area contributed by atoms with Crippen LogP contribution in [0.3, 0.4) is 0 Å². The third-order valence-electron chi connectivity index (χ3n) is 2.44. The predicted molar refractivity (Wildman–Crippen MR) is 64.3 cm³/mol. The van der Waals surface area contributed by atoms with Gasteiger partial charge in [-0.15, -0.1) is 0 Å². The molecule has 0 aliphatic heterocycles. The van der Waals surface area contributed by atoms with E-state index < -0.39 is 24.7 Å². The normalized spacial score (nSPS) is 13.1. The maximum Gasteiger partial charge on any atom is 0.405 e. The summed E-state index contributed by atoms with van der Waals surface area (Å²) in [6, 6.07) is 2.96. The van der Waals surface area contributed by atoms with Gasteiger partial charge in [-0.25, -0.2) is 0 Å². The molecule has 1 atom stereocenters. The van der Waals surface area contributed by atoms with Crippen molar-refractivity contribution in [2.45, 2.75) is 32.6 Å². The lowest BCUT2D eigenvalue weighted by molar-refractivity contribution is -0.139. The third kappa shape index (κ3) is 6.19. The molecule has 0 saturated carbocycles. The van der Waals surface area contributed by atoms with Crippen LogP contribution in [0.5, 0.6) is 0 Å². The topological polar surface area (TPSA) is 54.0 Å². The van der Waals surface area contributed by atoms with Gasteiger partial charge in [-0.2, -0.15) is 13.2 Å². The Labute approximate surface area is 109 Å². The molecular weight excluding hydrogens is 259 g/mol. The first kappa shape index (κ1) is 15.4. The van der Waals surface area contributed by atoms with Crippen LogP contribution in [-0.4, -0.2) is 29.7 Å². The second kappa shape index (κ2) is 6.51. The standard InChI is InChI=1S/C12H16F3N3O/c1-8-3-4-10(5-16-8)6-17-9(2)11(19)18-7-12(13,14)15/h3-5,9,17H,6-7H2,1-2H3,(H,18,19). The highest BCUT2D eigenvalue weighted by atomic mass is 19.4. The molecule has 1 amide bonds. The fraction of sp³-hybridized carbons (Fsp3) is 0.500. The second-order valence-corrected chi connectivity index (χ2v) is 4.24.